The van der Waals surface area contributed by atoms with Crippen LogP contribution in [0.4, 0.5) is 0 Å². The Hall–Kier alpha value is -0.770. The van der Waals surface area contributed by atoms with Crippen molar-refractivity contribution in [2.24, 2.45) is 5.92 Å². The van der Waals surface area contributed by atoms with E-state index in [2.05, 4.69) is 5.32 Å². The van der Waals surface area contributed by atoms with Gasteiger partial charge in [-0.3, -0.25) is 9.59 Å². The molecule has 0 atom stereocenters. The fourth-order valence-electron chi connectivity index (χ4n) is 2.31. The van der Waals surface area contributed by atoms with Crippen LogP contribution in [-0.2, 0) is 9.59 Å². The fourth-order valence-corrected chi connectivity index (χ4v) is 2.45. The number of nitrogens with zero attached hydrogens (tertiary/aromatic N) is 1. The number of hydrogen-bond donors (Lipinski definition) is 1. The zero-order valence-corrected chi connectivity index (χ0v) is 11.4. The summed E-state index contributed by atoms with van der Waals surface area (Å²) in [5.41, 5.74) is 0. The van der Waals surface area contributed by atoms with E-state index in [4.69, 9.17) is 11.6 Å². The van der Waals surface area contributed by atoms with Crippen molar-refractivity contribution in [1.29, 1.82) is 0 Å². The molecule has 5 heteroatoms. The first-order valence-corrected chi connectivity index (χ1v) is 7.38. The molecule has 2 aliphatic rings. The maximum Gasteiger partial charge on any atom is 0.223 e. The summed E-state index contributed by atoms with van der Waals surface area (Å²) in [5, 5.41) is 3.09. The van der Waals surface area contributed by atoms with Gasteiger partial charge in [0.2, 0.25) is 11.8 Å². The number of halogens is 1. The highest BCUT2D eigenvalue weighted by atomic mass is 35.5. The zero-order chi connectivity index (χ0) is 13.0. The van der Waals surface area contributed by atoms with Crippen LogP contribution in [0.15, 0.2) is 0 Å². The Balaban J connectivity index is 1.67. The van der Waals surface area contributed by atoms with E-state index < -0.39 is 0 Å². The lowest BCUT2D eigenvalue weighted by atomic mass is 10.0. The van der Waals surface area contributed by atoms with Crippen molar-refractivity contribution in [3.05, 3.63) is 0 Å². The van der Waals surface area contributed by atoms with Gasteiger partial charge >= 0.3 is 0 Å². The Morgan fingerprint density at radius 2 is 1.83 bits per heavy atom. The number of rotatable bonds is 5. The van der Waals surface area contributed by atoms with Crippen LogP contribution < -0.4 is 5.32 Å². The van der Waals surface area contributed by atoms with Crippen LogP contribution in [0, 0.1) is 5.92 Å². The summed E-state index contributed by atoms with van der Waals surface area (Å²) < 4.78 is 0. The van der Waals surface area contributed by atoms with E-state index in [0.717, 1.165) is 45.2 Å². The first-order valence-electron chi connectivity index (χ1n) is 6.85. The minimum Gasteiger partial charge on any atom is -0.353 e. The third-order valence-corrected chi connectivity index (χ3v) is 3.93. The first kappa shape index (κ1) is 13.7. The van der Waals surface area contributed by atoms with E-state index in [9.17, 15) is 9.59 Å². The van der Waals surface area contributed by atoms with Crippen LogP contribution in [0.3, 0.4) is 0 Å². The summed E-state index contributed by atoms with van der Waals surface area (Å²) in [7, 11) is 0. The Morgan fingerprint density at radius 1 is 1.17 bits per heavy atom. The topological polar surface area (TPSA) is 49.4 Å². The summed E-state index contributed by atoms with van der Waals surface area (Å²) in [6, 6.07) is 0.259. The quantitative estimate of drug-likeness (QED) is 0.772. The molecule has 1 heterocycles. The molecule has 1 saturated carbocycles. The maximum absolute atomic E-state index is 11.8. The van der Waals surface area contributed by atoms with Gasteiger partial charge in [-0.1, -0.05) is 0 Å². The van der Waals surface area contributed by atoms with Crippen molar-refractivity contribution in [3.8, 4) is 0 Å². The number of likely N-dealkylation sites (tertiary alicyclic amines) is 1. The highest BCUT2D eigenvalue weighted by Gasteiger charge is 2.32. The smallest absolute Gasteiger partial charge is 0.223 e. The van der Waals surface area contributed by atoms with E-state index in [-0.39, 0.29) is 23.8 Å². The number of carbonyl (C=O) groups excluding carboxylic acids is 2. The molecule has 0 radical (unpaired) electrons. The van der Waals surface area contributed by atoms with Crippen LogP contribution in [0.2, 0.25) is 0 Å². The van der Waals surface area contributed by atoms with Crippen molar-refractivity contribution in [2.75, 3.05) is 19.0 Å². The molecule has 0 spiro atoms. The lowest BCUT2D eigenvalue weighted by Crippen LogP contribution is -2.46. The molecule has 1 N–H and O–H groups in total. The second-order valence-electron chi connectivity index (χ2n) is 5.23. The molecule has 2 rings (SSSR count). The van der Waals surface area contributed by atoms with Crippen molar-refractivity contribution < 1.29 is 9.59 Å². The highest BCUT2D eigenvalue weighted by molar-refractivity contribution is 6.17. The van der Waals surface area contributed by atoms with E-state index in [1.165, 1.54) is 0 Å². The van der Waals surface area contributed by atoms with Gasteiger partial charge in [0.05, 0.1) is 0 Å². The predicted octanol–water partition coefficient (Wildman–Crippen LogP) is 1.52. The summed E-state index contributed by atoms with van der Waals surface area (Å²) in [5.74, 6) is 1.22. The van der Waals surface area contributed by atoms with Crippen LogP contribution in [0.25, 0.3) is 0 Å². The minimum atomic E-state index is 0.197. The lowest BCUT2D eigenvalue weighted by Gasteiger charge is -2.32. The molecule has 1 aliphatic carbocycles. The van der Waals surface area contributed by atoms with Gasteiger partial charge in [-0.25, -0.2) is 0 Å². The Labute approximate surface area is 113 Å². The average molecular weight is 273 g/mol. The Bertz CT molecular complexity index is 310. The number of carbonyl (C=O) groups is 2. The largest absolute Gasteiger partial charge is 0.353 e. The first-order chi connectivity index (χ1) is 8.70. The van der Waals surface area contributed by atoms with Crippen molar-refractivity contribution in [1.82, 2.24) is 10.2 Å². The molecule has 4 nitrogen and oxygen atoms in total. The van der Waals surface area contributed by atoms with Gasteiger partial charge in [-0.2, -0.15) is 0 Å². The van der Waals surface area contributed by atoms with Crippen LogP contribution >= 0.6 is 11.6 Å². The Morgan fingerprint density at radius 3 is 2.39 bits per heavy atom. The second-order valence-corrected chi connectivity index (χ2v) is 5.61. The minimum absolute atomic E-state index is 0.197. The zero-order valence-electron chi connectivity index (χ0n) is 10.7. The molecular weight excluding hydrogens is 252 g/mol. The molecular formula is C13H21ClN2O2. The average Bonchev–Trinajstić information content (AvgIpc) is 3.21. The second kappa shape index (κ2) is 6.41. The van der Waals surface area contributed by atoms with Gasteiger partial charge in [-0.05, 0) is 32.1 Å². The summed E-state index contributed by atoms with van der Waals surface area (Å²) >= 11 is 5.58. The molecule has 18 heavy (non-hydrogen) atoms. The SMILES string of the molecule is O=C(NC1CCN(C(=O)CCCCl)CC1)C1CC1. The molecule has 0 aromatic heterocycles. The van der Waals surface area contributed by atoms with Crippen LogP contribution in [0.1, 0.15) is 38.5 Å². The molecule has 0 aromatic carbocycles. The highest BCUT2D eigenvalue weighted by Crippen LogP contribution is 2.29. The fraction of sp³-hybridized carbons (Fsp3) is 0.846. The van der Waals surface area contributed by atoms with Crippen molar-refractivity contribution in [2.45, 2.75) is 44.6 Å². The van der Waals surface area contributed by atoms with Gasteiger partial charge < -0.3 is 10.2 Å². The van der Waals surface area contributed by atoms with E-state index in [1.807, 2.05) is 4.90 Å². The number of piperidine rings is 1. The van der Waals surface area contributed by atoms with Gasteiger partial charge in [-0.15, -0.1) is 11.6 Å². The Kier molecular flexibility index (Phi) is 4.87. The molecule has 0 aromatic rings. The van der Waals surface area contributed by atoms with Crippen LogP contribution in [-0.4, -0.2) is 41.7 Å². The standard InChI is InChI=1S/C13H21ClN2O2/c14-7-1-2-12(17)16-8-5-11(6-9-16)15-13(18)10-3-4-10/h10-11H,1-9H2,(H,15,18). The normalized spacial score (nSPS) is 20.8. The molecule has 2 amide bonds. The molecule has 102 valence electrons. The number of amides is 2. The van der Waals surface area contributed by atoms with E-state index in [0.29, 0.717) is 12.3 Å². The van der Waals surface area contributed by atoms with Gasteiger partial charge in [0.15, 0.2) is 0 Å². The van der Waals surface area contributed by atoms with Gasteiger partial charge in [0.25, 0.3) is 0 Å². The van der Waals surface area contributed by atoms with Gasteiger partial charge in [0.1, 0.15) is 0 Å². The molecule has 1 saturated heterocycles. The third-order valence-electron chi connectivity index (χ3n) is 3.67. The molecule has 2 fully saturated rings. The molecule has 1 aliphatic heterocycles. The maximum atomic E-state index is 11.8. The predicted molar refractivity (Wildman–Crippen MR) is 70.4 cm³/mol. The van der Waals surface area contributed by atoms with E-state index >= 15 is 0 Å². The number of hydrogen-bond acceptors (Lipinski definition) is 2. The van der Waals surface area contributed by atoms with Crippen molar-refractivity contribution >= 4 is 23.4 Å². The summed E-state index contributed by atoms with van der Waals surface area (Å²) in [6.45, 7) is 1.52. The number of alkyl halides is 1. The van der Waals surface area contributed by atoms with Gasteiger partial charge in [0, 0.05) is 37.4 Å². The third kappa shape index (κ3) is 3.87. The molecule has 0 unspecified atom stereocenters. The monoisotopic (exact) mass is 272 g/mol. The summed E-state index contributed by atoms with van der Waals surface area (Å²) in [4.78, 5) is 25.3. The lowest BCUT2D eigenvalue weighted by molar-refractivity contribution is -0.132. The summed E-state index contributed by atoms with van der Waals surface area (Å²) in [6.07, 6.45) is 5.14. The molecule has 0 bridgehead atoms. The van der Waals surface area contributed by atoms with Crippen LogP contribution in [0.5, 0.6) is 0 Å². The number of nitrogens with one attached hydrogen (secondary N) is 1. The van der Waals surface area contributed by atoms with Crippen molar-refractivity contribution in [3.63, 3.8) is 0 Å². The van der Waals surface area contributed by atoms with E-state index in [1.54, 1.807) is 0 Å².